The lowest BCUT2D eigenvalue weighted by Gasteiger charge is -2.29. The Hall–Kier alpha value is -1.23. The van der Waals surface area contributed by atoms with Crippen LogP contribution in [0.15, 0.2) is 18.2 Å². The molecule has 1 rings (SSSR count). The molecule has 94 valence electrons. The first kappa shape index (κ1) is 13.8. The van der Waals surface area contributed by atoms with E-state index in [-0.39, 0.29) is 27.8 Å². The van der Waals surface area contributed by atoms with Gasteiger partial charge in [0.05, 0.1) is 5.56 Å². The van der Waals surface area contributed by atoms with Gasteiger partial charge in [-0.25, -0.2) is 0 Å². The van der Waals surface area contributed by atoms with E-state index in [1.807, 2.05) is 20.8 Å². The average Bonchev–Trinajstić information content (AvgIpc) is 2.15. The average molecular weight is 302 g/mol. The molecule has 0 aliphatic heterocycles. The Kier molecular flexibility index (Phi) is 4.03. The molecule has 1 aromatic carbocycles. The number of halogens is 1. The van der Waals surface area contributed by atoms with Crippen LogP contribution in [0.3, 0.4) is 0 Å². The predicted molar refractivity (Wildman–Crippen MR) is 69.7 cm³/mol. The van der Waals surface area contributed by atoms with Gasteiger partial charge in [0, 0.05) is 16.4 Å². The number of hydrogen-bond donors (Lipinski definition) is 3. The highest BCUT2D eigenvalue weighted by molar-refractivity contribution is 9.09. The van der Waals surface area contributed by atoms with Crippen LogP contribution in [0, 0.1) is 0 Å². The topological polar surface area (TPSA) is 69.6 Å². The Balaban J connectivity index is 2.91. The number of benzene rings is 1. The fourth-order valence-corrected chi connectivity index (χ4v) is 1.29. The molecule has 1 aromatic rings. The van der Waals surface area contributed by atoms with Crippen molar-refractivity contribution >= 4 is 21.8 Å². The number of rotatable bonds is 3. The van der Waals surface area contributed by atoms with Crippen LogP contribution < -0.4 is 5.32 Å². The number of amides is 1. The molecule has 0 saturated heterocycles. The lowest BCUT2D eigenvalue weighted by Crippen LogP contribution is -2.48. The van der Waals surface area contributed by atoms with Gasteiger partial charge in [0.1, 0.15) is 11.5 Å². The number of aromatic hydroxyl groups is 2. The van der Waals surface area contributed by atoms with Crippen LogP contribution in [-0.2, 0) is 0 Å². The van der Waals surface area contributed by atoms with Crippen molar-refractivity contribution in [2.75, 3.05) is 0 Å². The third-order valence-corrected chi connectivity index (χ3v) is 3.80. The van der Waals surface area contributed by atoms with Crippen LogP contribution in [0.4, 0.5) is 0 Å². The fourth-order valence-electron chi connectivity index (χ4n) is 1.17. The summed E-state index contributed by atoms with van der Waals surface area (Å²) in [5, 5.41) is 21.5. The molecule has 4 nitrogen and oxygen atoms in total. The van der Waals surface area contributed by atoms with E-state index in [1.54, 1.807) is 0 Å². The quantitative estimate of drug-likeness (QED) is 0.751. The minimum absolute atomic E-state index is 0.0767. The number of alkyl halides is 1. The van der Waals surface area contributed by atoms with Gasteiger partial charge in [-0.3, -0.25) is 4.79 Å². The van der Waals surface area contributed by atoms with Gasteiger partial charge in [-0.2, -0.15) is 0 Å². The van der Waals surface area contributed by atoms with E-state index in [0.717, 1.165) is 6.07 Å². The first-order valence-electron chi connectivity index (χ1n) is 5.22. The highest BCUT2D eigenvalue weighted by Gasteiger charge is 2.27. The number of phenolic OH excluding ortho intramolecular Hbond substituents is 2. The molecule has 1 unspecified atom stereocenters. The van der Waals surface area contributed by atoms with Crippen LogP contribution in [0.2, 0.25) is 0 Å². The SMILES string of the molecule is CC(Br)C(C)(C)NC(=O)c1ccc(O)cc1O. The van der Waals surface area contributed by atoms with Crippen molar-refractivity contribution in [1.82, 2.24) is 5.32 Å². The third kappa shape index (κ3) is 3.36. The van der Waals surface area contributed by atoms with Gasteiger partial charge in [-0.1, -0.05) is 22.9 Å². The Labute approximate surface area is 109 Å². The molecule has 1 amide bonds. The molecule has 17 heavy (non-hydrogen) atoms. The van der Waals surface area contributed by atoms with E-state index in [9.17, 15) is 9.90 Å². The van der Waals surface area contributed by atoms with Crippen LogP contribution in [-0.4, -0.2) is 26.5 Å². The number of carbonyl (C=O) groups is 1. The normalized spacial score (nSPS) is 13.2. The van der Waals surface area contributed by atoms with E-state index >= 15 is 0 Å². The molecule has 3 N–H and O–H groups in total. The third-order valence-electron chi connectivity index (χ3n) is 2.66. The van der Waals surface area contributed by atoms with Gasteiger partial charge in [0.2, 0.25) is 0 Å². The molecule has 0 saturated carbocycles. The first-order chi connectivity index (χ1) is 7.74. The van der Waals surface area contributed by atoms with Gasteiger partial charge in [-0.15, -0.1) is 0 Å². The largest absolute Gasteiger partial charge is 0.508 e. The van der Waals surface area contributed by atoms with Crippen molar-refractivity contribution in [1.29, 1.82) is 0 Å². The molecule has 0 bridgehead atoms. The molecule has 0 aliphatic carbocycles. The van der Waals surface area contributed by atoms with E-state index < -0.39 is 5.54 Å². The second kappa shape index (κ2) is 4.96. The molecule has 1 atom stereocenters. The Bertz CT molecular complexity index is 430. The predicted octanol–water partition coefficient (Wildman–Crippen LogP) is 2.39. The van der Waals surface area contributed by atoms with Gasteiger partial charge in [-0.05, 0) is 26.0 Å². The highest BCUT2D eigenvalue weighted by atomic mass is 79.9. The van der Waals surface area contributed by atoms with Gasteiger partial charge in [0.15, 0.2) is 0 Å². The number of nitrogens with one attached hydrogen (secondary N) is 1. The number of carbonyl (C=O) groups excluding carboxylic acids is 1. The Morgan fingerprint density at radius 1 is 1.41 bits per heavy atom. The maximum absolute atomic E-state index is 11.9. The maximum atomic E-state index is 11.9. The van der Waals surface area contributed by atoms with E-state index in [0.29, 0.717) is 0 Å². The minimum Gasteiger partial charge on any atom is -0.508 e. The molecule has 0 aromatic heterocycles. The van der Waals surface area contributed by atoms with E-state index in [1.165, 1.54) is 12.1 Å². The zero-order valence-electron chi connectivity index (χ0n) is 9.99. The van der Waals surface area contributed by atoms with Crippen LogP contribution in [0.5, 0.6) is 11.5 Å². The van der Waals surface area contributed by atoms with Crippen molar-refractivity contribution in [2.24, 2.45) is 0 Å². The van der Waals surface area contributed by atoms with Gasteiger partial charge in [0.25, 0.3) is 5.91 Å². The lowest BCUT2D eigenvalue weighted by molar-refractivity contribution is 0.0911. The summed E-state index contributed by atoms with van der Waals surface area (Å²) < 4.78 is 0. The molecule has 0 aliphatic rings. The standard InChI is InChI=1S/C12H16BrNO3/c1-7(13)12(2,3)14-11(17)9-5-4-8(15)6-10(9)16/h4-7,15-16H,1-3H3,(H,14,17). The zero-order chi connectivity index (χ0) is 13.2. The molecular formula is C12H16BrNO3. The summed E-state index contributed by atoms with van der Waals surface area (Å²) in [5.41, 5.74) is -0.300. The Morgan fingerprint density at radius 2 is 2.00 bits per heavy atom. The molecule has 0 fully saturated rings. The summed E-state index contributed by atoms with van der Waals surface area (Å²) in [6, 6.07) is 3.88. The number of phenols is 2. The summed E-state index contributed by atoms with van der Waals surface area (Å²) >= 11 is 3.41. The summed E-state index contributed by atoms with van der Waals surface area (Å²) in [6.07, 6.45) is 0. The zero-order valence-corrected chi connectivity index (χ0v) is 11.6. The molecule has 0 spiro atoms. The first-order valence-corrected chi connectivity index (χ1v) is 6.14. The van der Waals surface area contributed by atoms with Gasteiger partial charge < -0.3 is 15.5 Å². The molecular weight excluding hydrogens is 286 g/mol. The summed E-state index contributed by atoms with van der Waals surface area (Å²) in [7, 11) is 0. The van der Waals surface area contributed by atoms with Gasteiger partial charge >= 0.3 is 0 Å². The maximum Gasteiger partial charge on any atom is 0.255 e. The highest BCUT2D eigenvalue weighted by Crippen LogP contribution is 2.24. The second-order valence-corrected chi connectivity index (χ2v) is 5.87. The second-order valence-electron chi connectivity index (χ2n) is 4.49. The van der Waals surface area contributed by atoms with Crippen molar-refractivity contribution in [3.05, 3.63) is 23.8 Å². The summed E-state index contributed by atoms with van der Waals surface area (Å²) in [5.74, 6) is -0.688. The van der Waals surface area contributed by atoms with E-state index in [4.69, 9.17) is 5.11 Å². The van der Waals surface area contributed by atoms with E-state index in [2.05, 4.69) is 21.2 Å². The summed E-state index contributed by atoms with van der Waals surface area (Å²) in [6.45, 7) is 5.68. The smallest absolute Gasteiger partial charge is 0.255 e. The van der Waals surface area contributed by atoms with Crippen molar-refractivity contribution in [2.45, 2.75) is 31.1 Å². The fraction of sp³-hybridized carbons (Fsp3) is 0.417. The molecule has 0 radical (unpaired) electrons. The molecule has 5 heteroatoms. The van der Waals surface area contributed by atoms with Crippen LogP contribution in [0.25, 0.3) is 0 Å². The minimum atomic E-state index is -0.443. The van der Waals surface area contributed by atoms with Crippen molar-refractivity contribution < 1.29 is 15.0 Å². The Morgan fingerprint density at radius 3 is 2.47 bits per heavy atom. The monoisotopic (exact) mass is 301 g/mol. The molecule has 0 heterocycles. The van der Waals surface area contributed by atoms with Crippen LogP contribution >= 0.6 is 15.9 Å². The van der Waals surface area contributed by atoms with Crippen LogP contribution in [0.1, 0.15) is 31.1 Å². The summed E-state index contributed by atoms with van der Waals surface area (Å²) in [4.78, 5) is 12.0. The van der Waals surface area contributed by atoms with Crippen molar-refractivity contribution in [3.63, 3.8) is 0 Å². The van der Waals surface area contributed by atoms with Crippen molar-refractivity contribution in [3.8, 4) is 11.5 Å². The lowest BCUT2D eigenvalue weighted by atomic mass is 10.0. The number of hydrogen-bond acceptors (Lipinski definition) is 3.